The van der Waals surface area contributed by atoms with Crippen LogP contribution in [0, 0.1) is 0 Å². The molecule has 0 saturated carbocycles. The second kappa shape index (κ2) is 6.68. The van der Waals surface area contributed by atoms with Crippen molar-refractivity contribution >= 4 is 11.8 Å². The van der Waals surface area contributed by atoms with Crippen LogP contribution in [0.25, 0.3) is 0 Å². The number of hydrogen-bond acceptors (Lipinski definition) is 4. The summed E-state index contributed by atoms with van der Waals surface area (Å²) in [6.45, 7) is 4.25. The molecule has 3 rings (SSSR count). The molecule has 25 heavy (non-hydrogen) atoms. The first-order valence-electron chi connectivity index (χ1n) is 8.25. The number of primary amides is 1. The number of carbonyl (C=O) groups excluding carboxylic acids is 2. The Hall–Kier alpha value is -2.67. The molecule has 7 heteroatoms. The molecular formula is C18H22N4O3. The minimum Gasteiger partial charge on any atom is -0.369 e. The van der Waals surface area contributed by atoms with Crippen molar-refractivity contribution in [2.45, 2.75) is 39.0 Å². The summed E-state index contributed by atoms with van der Waals surface area (Å²) in [6, 6.07) is 6.89. The molecule has 1 aliphatic heterocycles. The number of ether oxygens (including phenoxy) is 1. The molecule has 2 aromatic rings. The second-order valence-electron chi connectivity index (χ2n) is 6.38. The average molecular weight is 342 g/mol. The fourth-order valence-electron chi connectivity index (χ4n) is 3.32. The van der Waals surface area contributed by atoms with Gasteiger partial charge in [0, 0.05) is 31.1 Å². The zero-order valence-electron chi connectivity index (χ0n) is 14.6. The molecule has 1 aliphatic rings. The van der Waals surface area contributed by atoms with Crippen molar-refractivity contribution in [1.82, 2.24) is 15.1 Å². The number of benzene rings is 1. The maximum absolute atomic E-state index is 12.6. The van der Waals surface area contributed by atoms with Gasteiger partial charge in [-0.25, -0.2) is 0 Å². The van der Waals surface area contributed by atoms with E-state index in [2.05, 4.69) is 10.4 Å². The molecule has 2 amide bonds. The number of carbonyl (C=O) groups is 2. The molecule has 0 aliphatic carbocycles. The molecular weight excluding hydrogens is 320 g/mol. The minimum absolute atomic E-state index is 0.0468. The van der Waals surface area contributed by atoms with Crippen molar-refractivity contribution in [3.63, 3.8) is 0 Å². The fraction of sp³-hybridized carbons (Fsp3) is 0.389. The lowest BCUT2D eigenvalue weighted by Gasteiger charge is -2.26. The summed E-state index contributed by atoms with van der Waals surface area (Å²) < 4.78 is 7.53. The van der Waals surface area contributed by atoms with Crippen molar-refractivity contribution in [2.75, 3.05) is 0 Å². The van der Waals surface area contributed by atoms with Crippen LogP contribution in [0.15, 0.2) is 24.3 Å². The number of aryl methyl sites for hydroxylation is 1. The Labute approximate surface area is 146 Å². The molecule has 0 radical (unpaired) electrons. The van der Waals surface area contributed by atoms with Crippen molar-refractivity contribution in [3.8, 4) is 0 Å². The Balaban J connectivity index is 1.78. The summed E-state index contributed by atoms with van der Waals surface area (Å²) in [5.41, 5.74) is 8.83. The molecule has 3 N–H and O–H groups in total. The van der Waals surface area contributed by atoms with Gasteiger partial charge < -0.3 is 15.8 Å². The monoisotopic (exact) mass is 342 g/mol. The number of fused-ring (bicyclic) bond motifs is 1. The summed E-state index contributed by atoms with van der Waals surface area (Å²) in [6.07, 6.45) is 0.614. The van der Waals surface area contributed by atoms with Gasteiger partial charge >= 0.3 is 0 Å². The van der Waals surface area contributed by atoms with E-state index in [1.807, 2.05) is 27.0 Å². The summed E-state index contributed by atoms with van der Waals surface area (Å²) >= 11 is 0. The van der Waals surface area contributed by atoms with E-state index >= 15 is 0 Å². The number of rotatable bonds is 4. The molecule has 0 saturated heterocycles. The third-order valence-electron chi connectivity index (χ3n) is 4.39. The van der Waals surface area contributed by atoms with Crippen LogP contribution in [-0.2, 0) is 24.8 Å². The maximum atomic E-state index is 12.6. The van der Waals surface area contributed by atoms with E-state index in [-0.39, 0.29) is 18.1 Å². The lowest BCUT2D eigenvalue weighted by Crippen LogP contribution is -2.27. The Morgan fingerprint density at radius 2 is 2.16 bits per heavy atom. The predicted molar refractivity (Wildman–Crippen MR) is 92.0 cm³/mol. The van der Waals surface area contributed by atoms with Crippen molar-refractivity contribution < 1.29 is 14.3 Å². The number of nitrogens with one attached hydrogen (secondary N) is 1. The minimum atomic E-state index is -0.491. The predicted octanol–water partition coefficient (Wildman–Crippen LogP) is 1.47. The van der Waals surface area contributed by atoms with Crippen molar-refractivity contribution in [2.24, 2.45) is 12.8 Å². The quantitative estimate of drug-likeness (QED) is 0.879. The van der Waals surface area contributed by atoms with E-state index in [1.165, 1.54) is 0 Å². The second-order valence-corrected chi connectivity index (χ2v) is 6.38. The Kier molecular flexibility index (Phi) is 4.59. The third kappa shape index (κ3) is 3.41. The Morgan fingerprint density at radius 1 is 1.40 bits per heavy atom. The van der Waals surface area contributed by atoms with Gasteiger partial charge in [-0.3, -0.25) is 14.3 Å². The molecule has 7 nitrogen and oxygen atoms in total. The standard InChI is InChI=1S/C18H22N4O3/c1-10-7-14-15(21-22(3)16(14)11(2)25-10)18(24)20-9-12-5-4-6-13(8-12)17(19)23/h4-6,8,10-11H,7,9H2,1-3H3,(H2,19,23)(H,20,24)/t10-,11+/m1/s1. The zero-order chi connectivity index (χ0) is 18.1. The molecule has 0 bridgehead atoms. The number of nitrogens with zero attached hydrogens (tertiary/aromatic N) is 2. The van der Waals surface area contributed by atoms with Crippen LogP contribution >= 0.6 is 0 Å². The van der Waals surface area contributed by atoms with E-state index in [4.69, 9.17) is 10.5 Å². The van der Waals surface area contributed by atoms with Gasteiger partial charge in [-0.1, -0.05) is 12.1 Å². The van der Waals surface area contributed by atoms with Gasteiger partial charge in [-0.05, 0) is 31.5 Å². The molecule has 0 fully saturated rings. The highest BCUT2D eigenvalue weighted by atomic mass is 16.5. The van der Waals surface area contributed by atoms with Crippen LogP contribution in [-0.4, -0.2) is 27.7 Å². The number of hydrogen-bond donors (Lipinski definition) is 2. The van der Waals surface area contributed by atoms with E-state index in [9.17, 15) is 9.59 Å². The van der Waals surface area contributed by atoms with E-state index in [1.54, 1.807) is 22.9 Å². The number of amides is 2. The first-order valence-corrected chi connectivity index (χ1v) is 8.25. The first kappa shape index (κ1) is 17.2. The van der Waals surface area contributed by atoms with Gasteiger partial charge in [0.15, 0.2) is 5.69 Å². The van der Waals surface area contributed by atoms with Gasteiger partial charge in [0.1, 0.15) is 0 Å². The smallest absolute Gasteiger partial charge is 0.272 e. The Morgan fingerprint density at radius 3 is 2.88 bits per heavy atom. The van der Waals surface area contributed by atoms with Crippen LogP contribution in [0.3, 0.4) is 0 Å². The van der Waals surface area contributed by atoms with Crippen LogP contribution in [0.1, 0.15) is 57.6 Å². The lowest BCUT2D eigenvalue weighted by molar-refractivity contribution is -0.00903. The zero-order valence-corrected chi connectivity index (χ0v) is 14.6. The van der Waals surface area contributed by atoms with Crippen molar-refractivity contribution in [3.05, 3.63) is 52.3 Å². The van der Waals surface area contributed by atoms with Gasteiger partial charge in [-0.2, -0.15) is 5.10 Å². The van der Waals surface area contributed by atoms with Gasteiger partial charge in [0.2, 0.25) is 5.91 Å². The molecule has 1 aromatic heterocycles. The van der Waals surface area contributed by atoms with E-state index in [0.717, 1.165) is 16.8 Å². The number of aromatic nitrogens is 2. The number of nitrogens with two attached hydrogens (primary N) is 1. The van der Waals surface area contributed by atoms with Gasteiger partial charge in [0.25, 0.3) is 5.91 Å². The fourth-order valence-corrected chi connectivity index (χ4v) is 3.32. The summed E-state index contributed by atoms with van der Waals surface area (Å²) in [7, 11) is 1.82. The van der Waals surface area contributed by atoms with Gasteiger partial charge in [0.05, 0.1) is 17.9 Å². The summed E-state index contributed by atoms with van der Waals surface area (Å²) in [5, 5.41) is 7.25. The first-order chi connectivity index (χ1) is 11.9. The highest BCUT2D eigenvalue weighted by molar-refractivity contribution is 5.94. The molecule has 0 unspecified atom stereocenters. The van der Waals surface area contributed by atoms with Crippen LogP contribution in [0.4, 0.5) is 0 Å². The Bertz CT molecular complexity index is 828. The SMILES string of the molecule is C[C@@H]1Cc2c(C(=O)NCc3cccc(C(N)=O)c3)nn(C)c2[C@H](C)O1. The largest absolute Gasteiger partial charge is 0.369 e. The third-order valence-corrected chi connectivity index (χ3v) is 4.39. The van der Waals surface area contributed by atoms with Crippen LogP contribution < -0.4 is 11.1 Å². The molecule has 0 spiro atoms. The molecule has 1 aromatic carbocycles. The maximum Gasteiger partial charge on any atom is 0.272 e. The van der Waals surface area contributed by atoms with Crippen LogP contribution in [0.2, 0.25) is 0 Å². The van der Waals surface area contributed by atoms with Gasteiger partial charge in [-0.15, -0.1) is 0 Å². The highest BCUT2D eigenvalue weighted by Gasteiger charge is 2.31. The van der Waals surface area contributed by atoms with E-state index in [0.29, 0.717) is 24.2 Å². The molecule has 2 atom stereocenters. The van der Waals surface area contributed by atoms with Crippen molar-refractivity contribution in [1.29, 1.82) is 0 Å². The van der Waals surface area contributed by atoms with Crippen LogP contribution in [0.5, 0.6) is 0 Å². The molecule has 2 heterocycles. The molecule has 132 valence electrons. The highest BCUT2D eigenvalue weighted by Crippen LogP contribution is 2.31. The van der Waals surface area contributed by atoms with E-state index < -0.39 is 5.91 Å². The topological polar surface area (TPSA) is 99.2 Å². The lowest BCUT2D eigenvalue weighted by atomic mass is 9.99. The normalized spacial score (nSPS) is 19.3. The summed E-state index contributed by atoms with van der Waals surface area (Å²) in [5.74, 6) is -0.724. The summed E-state index contributed by atoms with van der Waals surface area (Å²) in [4.78, 5) is 23.9. The average Bonchev–Trinajstić information content (AvgIpc) is 2.89.